The standard InChI is InChI=1S/C21H25N3O3/c1-4-15(2)22-21(25)13-24-17-10-6-5-9-16(17)23-20(24)14-27-19-12-8-7-11-18(19)26-3/h5-12,15H,4,13-14H2,1-3H3,(H,22,25). The quantitative estimate of drug-likeness (QED) is 0.661. The number of benzene rings is 2. The van der Waals surface area contributed by atoms with Gasteiger partial charge >= 0.3 is 0 Å². The summed E-state index contributed by atoms with van der Waals surface area (Å²) in [5.41, 5.74) is 1.75. The second-order valence-corrected chi connectivity index (χ2v) is 6.42. The smallest absolute Gasteiger partial charge is 0.240 e. The van der Waals surface area contributed by atoms with Gasteiger partial charge in [-0.15, -0.1) is 0 Å². The minimum atomic E-state index is -0.0361. The third-order valence-electron chi connectivity index (χ3n) is 4.48. The predicted octanol–water partition coefficient (Wildman–Crippen LogP) is 3.54. The Labute approximate surface area is 159 Å². The number of rotatable bonds is 8. The second-order valence-electron chi connectivity index (χ2n) is 6.42. The lowest BCUT2D eigenvalue weighted by atomic mass is 10.2. The van der Waals surface area contributed by atoms with Crippen molar-refractivity contribution in [1.82, 2.24) is 14.9 Å². The maximum atomic E-state index is 12.4. The number of methoxy groups -OCH3 is 1. The monoisotopic (exact) mass is 367 g/mol. The minimum absolute atomic E-state index is 0.0361. The van der Waals surface area contributed by atoms with Crippen LogP contribution in [0.3, 0.4) is 0 Å². The van der Waals surface area contributed by atoms with Crippen LogP contribution in [0.5, 0.6) is 11.5 Å². The molecule has 0 bridgehead atoms. The number of carbonyl (C=O) groups excluding carboxylic acids is 1. The average molecular weight is 367 g/mol. The number of aromatic nitrogens is 2. The third kappa shape index (κ3) is 4.39. The Bertz CT molecular complexity index is 920. The first-order valence-corrected chi connectivity index (χ1v) is 9.11. The van der Waals surface area contributed by atoms with Gasteiger partial charge in [0.05, 0.1) is 18.1 Å². The summed E-state index contributed by atoms with van der Waals surface area (Å²) in [5.74, 6) is 1.96. The van der Waals surface area contributed by atoms with E-state index in [9.17, 15) is 4.79 Å². The molecule has 27 heavy (non-hydrogen) atoms. The highest BCUT2D eigenvalue weighted by Crippen LogP contribution is 2.27. The zero-order chi connectivity index (χ0) is 19.2. The molecule has 0 saturated heterocycles. The van der Waals surface area contributed by atoms with Crippen LogP contribution in [0.15, 0.2) is 48.5 Å². The maximum Gasteiger partial charge on any atom is 0.240 e. The van der Waals surface area contributed by atoms with Crippen LogP contribution >= 0.6 is 0 Å². The van der Waals surface area contributed by atoms with Gasteiger partial charge in [0.1, 0.15) is 19.0 Å². The topological polar surface area (TPSA) is 65.4 Å². The molecule has 6 heteroatoms. The summed E-state index contributed by atoms with van der Waals surface area (Å²) in [5, 5.41) is 3.00. The fraction of sp³-hybridized carbons (Fsp3) is 0.333. The molecule has 142 valence electrons. The number of hydrogen-bond donors (Lipinski definition) is 1. The molecule has 1 heterocycles. The molecule has 0 spiro atoms. The molecule has 0 aliphatic rings. The molecule has 0 radical (unpaired) electrons. The Morgan fingerprint density at radius 2 is 1.85 bits per heavy atom. The van der Waals surface area contributed by atoms with E-state index in [1.54, 1.807) is 7.11 Å². The summed E-state index contributed by atoms with van der Waals surface area (Å²) in [4.78, 5) is 17.1. The molecule has 6 nitrogen and oxygen atoms in total. The van der Waals surface area contributed by atoms with Gasteiger partial charge in [0, 0.05) is 6.04 Å². The zero-order valence-corrected chi connectivity index (χ0v) is 15.9. The number of carbonyl (C=O) groups is 1. The van der Waals surface area contributed by atoms with Gasteiger partial charge in [-0.05, 0) is 37.6 Å². The van der Waals surface area contributed by atoms with Crippen LogP contribution in [0.2, 0.25) is 0 Å². The number of imidazole rings is 1. The fourth-order valence-corrected chi connectivity index (χ4v) is 2.86. The van der Waals surface area contributed by atoms with Crippen LogP contribution in [0, 0.1) is 0 Å². The molecular weight excluding hydrogens is 342 g/mol. The number of ether oxygens (including phenoxy) is 2. The average Bonchev–Trinajstić information content (AvgIpc) is 3.03. The SMILES string of the molecule is CCC(C)NC(=O)Cn1c(COc2ccccc2OC)nc2ccccc21. The van der Waals surface area contributed by atoms with Gasteiger partial charge < -0.3 is 19.4 Å². The highest BCUT2D eigenvalue weighted by atomic mass is 16.5. The fourth-order valence-electron chi connectivity index (χ4n) is 2.86. The Morgan fingerprint density at radius 1 is 1.15 bits per heavy atom. The second kappa shape index (κ2) is 8.58. The van der Waals surface area contributed by atoms with Crippen LogP contribution in [0.25, 0.3) is 11.0 Å². The molecule has 1 N–H and O–H groups in total. The number of para-hydroxylation sites is 4. The summed E-state index contributed by atoms with van der Waals surface area (Å²) in [6.45, 7) is 4.49. The lowest BCUT2D eigenvalue weighted by Gasteiger charge is -2.14. The van der Waals surface area contributed by atoms with Crippen molar-refractivity contribution in [2.75, 3.05) is 7.11 Å². The molecule has 0 fully saturated rings. The highest BCUT2D eigenvalue weighted by Gasteiger charge is 2.15. The largest absolute Gasteiger partial charge is 0.493 e. The van der Waals surface area contributed by atoms with Crippen LogP contribution in [0.1, 0.15) is 26.1 Å². The summed E-state index contributed by atoms with van der Waals surface area (Å²) >= 11 is 0. The van der Waals surface area contributed by atoms with Gasteiger partial charge in [-0.2, -0.15) is 0 Å². The van der Waals surface area contributed by atoms with E-state index in [1.165, 1.54) is 0 Å². The number of fused-ring (bicyclic) bond motifs is 1. The number of hydrogen-bond acceptors (Lipinski definition) is 4. The molecule has 1 atom stereocenters. The Hall–Kier alpha value is -3.02. The van der Waals surface area contributed by atoms with E-state index in [0.29, 0.717) is 17.3 Å². The summed E-state index contributed by atoms with van der Waals surface area (Å²) in [7, 11) is 1.61. The van der Waals surface area contributed by atoms with E-state index in [-0.39, 0.29) is 25.1 Å². The molecule has 3 aromatic rings. The van der Waals surface area contributed by atoms with Crippen molar-refractivity contribution in [3.8, 4) is 11.5 Å². The van der Waals surface area contributed by atoms with Crippen molar-refractivity contribution in [1.29, 1.82) is 0 Å². The first-order valence-electron chi connectivity index (χ1n) is 9.11. The Kier molecular flexibility index (Phi) is 5.96. The summed E-state index contributed by atoms with van der Waals surface area (Å²) in [6.07, 6.45) is 0.889. The highest BCUT2D eigenvalue weighted by molar-refractivity contribution is 5.81. The van der Waals surface area contributed by atoms with Crippen LogP contribution < -0.4 is 14.8 Å². The van der Waals surface area contributed by atoms with E-state index < -0.39 is 0 Å². The van der Waals surface area contributed by atoms with Gasteiger partial charge in [0.2, 0.25) is 5.91 Å². The molecular formula is C21H25N3O3. The number of nitrogens with zero attached hydrogens (tertiary/aromatic N) is 2. The lowest BCUT2D eigenvalue weighted by Crippen LogP contribution is -2.35. The van der Waals surface area contributed by atoms with Gasteiger partial charge in [0.25, 0.3) is 0 Å². The van der Waals surface area contributed by atoms with Crippen molar-refractivity contribution in [2.24, 2.45) is 0 Å². The van der Waals surface area contributed by atoms with E-state index in [1.807, 2.05) is 66.9 Å². The van der Waals surface area contributed by atoms with Gasteiger partial charge in [-0.25, -0.2) is 4.98 Å². The normalized spacial score (nSPS) is 12.0. The first-order chi connectivity index (χ1) is 13.1. The summed E-state index contributed by atoms with van der Waals surface area (Å²) in [6, 6.07) is 15.4. The van der Waals surface area contributed by atoms with Crippen molar-refractivity contribution < 1.29 is 14.3 Å². The Morgan fingerprint density at radius 3 is 2.59 bits per heavy atom. The molecule has 1 aromatic heterocycles. The molecule has 3 rings (SSSR count). The predicted molar refractivity (Wildman–Crippen MR) is 105 cm³/mol. The van der Waals surface area contributed by atoms with Gasteiger partial charge in [0.15, 0.2) is 11.5 Å². The van der Waals surface area contributed by atoms with Crippen molar-refractivity contribution in [3.63, 3.8) is 0 Å². The van der Waals surface area contributed by atoms with Crippen molar-refractivity contribution in [2.45, 2.75) is 39.5 Å². The van der Waals surface area contributed by atoms with E-state index in [2.05, 4.69) is 10.3 Å². The number of amides is 1. The van der Waals surface area contributed by atoms with Crippen molar-refractivity contribution >= 4 is 16.9 Å². The summed E-state index contributed by atoms with van der Waals surface area (Å²) < 4.78 is 13.2. The van der Waals surface area contributed by atoms with Gasteiger partial charge in [-0.1, -0.05) is 31.2 Å². The minimum Gasteiger partial charge on any atom is -0.493 e. The molecule has 0 aliphatic carbocycles. The zero-order valence-electron chi connectivity index (χ0n) is 15.9. The van der Waals surface area contributed by atoms with Crippen molar-refractivity contribution in [3.05, 3.63) is 54.4 Å². The van der Waals surface area contributed by atoms with Crippen LogP contribution in [0.4, 0.5) is 0 Å². The third-order valence-corrected chi connectivity index (χ3v) is 4.48. The van der Waals surface area contributed by atoms with E-state index in [0.717, 1.165) is 17.5 Å². The lowest BCUT2D eigenvalue weighted by molar-refractivity contribution is -0.122. The van der Waals surface area contributed by atoms with Crippen LogP contribution in [-0.4, -0.2) is 28.6 Å². The maximum absolute atomic E-state index is 12.4. The molecule has 0 aliphatic heterocycles. The molecule has 0 saturated carbocycles. The molecule has 1 amide bonds. The van der Waals surface area contributed by atoms with E-state index in [4.69, 9.17) is 9.47 Å². The molecule has 1 unspecified atom stereocenters. The van der Waals surface area contributed by atoms with Crippen LogP contribution in [-0.2, 0) is 17.9 Å². The Balaban J connectivity index is 1.85. The van der Waals surface area contributed by atoms with Gasteiger partial charge in [-0.3, -0.25) is 4.79 Å². The first kappa shape index (κ1) is 18.8. The number of nitrogens with one attached hydrogen (secondary N) is 1. The van der Waals surface area contributed by atoms with E-state index >= 15 is 0 Å². The molecule has 2 aromatic carbocycles.